The topological polar surface area (TPSA) is 9.72 Å². The van der Waals surface area contributed by atoms with E-state index in [0.717, 1.165) is 0 Å². The van der Waals surface area contributed by atoms with Crippen LogP contribution in [0.1, 0.15) is 38.5 Å². The molecule has 0 aromatic rings. The van der Waals surface area contributed by atoms with Crippen molar-refractivity contribution in [1.82, 2.24) is 14.0 Å². The molecule has 3 aliphatic heterocycles. The van der Waals surface area contributed by atoms with E-state index >= 15 is 0 Å². The minimum atomic E-state index is -6.00. The molecule has 292 valence electrons. The zero-order valence-electron chi connectivity index (χ0n) is 23.2. The number of hydrogen-bond acceptors (Lipinski definition) is 3. The van der Waals surface area contributed by atoms with Crippen molar-refractivity contribution in [3.63, 3.8) is 0 Å². The molecule has 47 heavy (non-hydrogen) atoms. The third-order valence-electron chi connectivity index (χ3n) is 4.53. The van der Waals surface area contributed by atoms with Crippen LogP contribution in [0.4, 0.5) is 104 Å². The van der Waals surface area contributed by atoms with Gasteiger partial charge in [-0.3, -0.25) is 0 Å². The van der Waals surface area contributed by atoms with Crippen LogP contribution in [0.5, 0.6) is 0 Å². The second-order valence-electron chi connectivity index (χ2n) is 8.61. The second-order valence-corrected chi connectivity index (χ2v) is 14.8. The Morgan fingerprint density at radius 2 is 0.362 bits per heavy atom. The Labute approximate surface area is 261 Å². The van der Waals surface area contributed by atoms with Crippen LogP contribution in [0, 0.1) is 0 Å². The summed E-state index contributed by atoms with van der Waals surface area (Å²) in [7, 11) is -36.0. The molecule has 3 fully saturated rings. The van der Waals surface area contributed by atoms with Crippen LogP contribution in [0.2, 0.25) is 0 Å². The van der Waals surface area contributed by atoms with Crippen molar-refractivity contribution >= 4 is 65.4 Å². The van der Waals surface area contributed by atoms with E-state index < -0.39 is 49.9 Å². The third kappa shape index (κ3) is 58.1. The van der Waals surface area contributed by atoms with Gasteiger partial charge in [0.15, 0.2) is 0 Å². The fraction of sp³-hybridized carbons (Fsp3) is 1.00. The molecular formula is C12H25B6BrF24N3P-6. The maximum Gasteiger partial charge on any atom is 0.673 e. The monoisotopic (exact) mass is 843 g/mol. The molecule has 0 saturated carbocycles. The van der Waals surface area contributed by atoms with Gasteiger partial charge in [0.1, 0.15) is 0 Å². The summed E-state index contributed by atoms with van der Waals surface area (Å²) in [5, 5.41) is 0. The SMILES string of the molecule is Br[PH](N1CCCC1)(N1CCCC1)N1CCCC1.F[B-](F)(F)F.F[B-](F)(F)F.F[B-](F)(F)F.F[B-](F)(F)F.F[B-](F)(F)F.F[B-](F)(F)F. The van der Waals surface area contributed by atoms with Crippen LogP contribution in [0.3, 0.4) is 0 Å². The fourth-order valence-corrected chi connectivity index (χ4v) is 10.7. The molecule has 0 spiro atoms. The predicted molar refractivity (Wildman–Crippen MR) is 141 cm³/mol. The smallest absolute Gasteiger partial charge is 0.418 e. The summed E-state index contributed by atoms with van der Waals surface area (Å²) in [6.45, 7) is 7.94. The molecule has 0 amide bonds. The van der Waals surface area contributed by atoms with E-state index in [1.807, 2.05) is 0 Å². The molecule has 3 heterocycles. The van der Waals surface area contributed by atoms with E-state index in [1.54, 1.807) is 0 Å². The first-order valence-corrected chi connectivity index (χ1v) is 16.6. The van der Waals surface area contributed by atoms with Gasteiger partial charge in [0.25, 0.3) is 0 Å². The van der Waals surface area contributed by atoms with Gasteiger partial charge in [-0.15, -0.1) is 0 Å². The summed E-state index contributed by atoms with van der Waals surface area (Å²) in [4.78, 5) is 0. The number of rotatable bonds is 3. The maximum atomic E-state index is 9.75. The molecule has 3 saturated heterocycles. The van der Waals surface area contributed by atoms with E-state index in [-0.39, 0.29) is 0 Å². The first-order chi connectivity index (χ1) is 20.3. The Hall–Kier alpha value is -0.500. The van der Waals surface area contributed by atoms with Crippen molar-refractivity contribution in [2.24, 2.45) is 0 Å². The molecule has 0 unspecified atom stereocenters. The summed E-state index contributed by atoms with van der Waals surface area (Å²) in [6, 6.07) is 0. The molecule has 3 aliphatic rings. The van der Waals surface area contributed by atoms with Crippen molar-refractivity contribution in [1.29, 1.82) is 0 Å². The molecule has 0 aliphatic carbocycles. The molecule has 0 radical (unpaired) electrons. The Morgan fingerprint density at radius 1 is 0.277 bits per heavy atom. The zero-order chi connectivity index (χ0) is 38.7. The Bertz CT molecular complexity index is 594. The molecule has 3 rings (SSSR count). The van der Waals surface area contributed by atoms with Gasteiger partial charge >= 0.3 is 157 Å². The summed E-state index contributed by atoms with van der Waals surface area (Å²) < 4.78 is 242. The molecule has 0 atom stereocenters. The third-order valence-corrected chi connectivity index (χ3v) is 12.8. The number of halogens is 25. The van der Waals surface area contributed by atoms with Crippen LogP contribution in [-0.2, 0) is 0 Å². The second kappa shape index (κ2) is 23.1. The summed E-state index contributed by atoms with van der Waals surface area (Å²) in [6.07, 6.45) is 6.79. The maximum absolute atomic E-state index is 9.75. The van der Waals surface area contributed by atoms with Gasteiger partial charge in [-0.2, -0.15) is 0 Å². The van der Waals surface area contributed by atoms with Crippen molar-refractivity contribution in [3.05, 3.63) is 0 Å². The summed E-state index contributed by atoms with van der Waals surface area (Å²) in [5.74, 6) is 0. The standard InChI is InChI=1S/C12H25BrN3P.6BF4/c13-17(14-7-1-2-8-14,15-9-3-4-10-15)16-11-5-6-12-16;6*2-1(3,4)5/h17H,1-12H2;;;;;;/q;6*-1. The molecule has 35 heteroatoms. The average Bonchev–Trinajstić information content (AvgIpc) is 3.50. The molecular weight excluding hydrogens is 818 g/mol. The van der Waals surface area contributed by atoms with Crippen molar-refractivity contribution < 1.29 is 104 Å². The first kappa shape index (κ1) is 53.3. The molecule has 0 bridgehead atoms. The minimum Gasteiger partial charge on any atom is -0.418 e. The predicted octanol–water partition coefficient (Wildman–Crippen LogP) is 10.9. The van der Waals surface area contributed by atoms with Crippen LogP contribution >= 0.6 is 21.9 Å². The average molecular weight is 843 g/mol. The summed E-state index contributed by atoms with van der Waals surface area (Å²) in [5.41, 5.74) is 0. The van der Waals surface area contributed by atoms with Crippen LogP contribution in [-0.4, -0.2) is 96.8 Å². The molecule has 0 aromatic heterocycles. The van der Waals surface area contributed by atoms with Gasteiger partial charge in [0.05, 0.1) is 0 Å². The van der Waals surface area contributed by atoms with Gasteiger partial charge in [-0.05, 0) is 0 Å². The largest absolute Gasteiger partial charge is 0.673 e. The van der Waals surface area contributed by atoms with Crippen LogP contribution < -0.4 is 0 Å². The van der Waals surface area contributed by atoms with E-state index in [0.29, 0.717) is 0 Å². The quantitative estimate of drug-likeness (QED) is 0.159. The Balaban J connectivity index is -0.000000259. The first-order valence-electron chi connectivity index (χ1n) is 12.5. The number of hydrogen-bond donors (Lipinski definition) is 0. The van der Waals surface area contributed by atoms with E-state index in [2.05, 4.69) is 29.5 Å². The minimum absolute atomic E-state index is 1.32. The van der Waals surface area contributed by atoms with E-state index in [4.69, 9.17) is 0 Å². The number of nitrogens with zero attached hydrogens (tertiary/aromatic N) is 3. The molecule has 3 nitrogen and oxygen atoms in total. The summed E-state index contributed by atoms with van der Waals surface area (Å²) >= 11 is 4.28. The van der Waals surface area contributed by atoms with Gasteiger partial charge < -0.3 is 104 Å². The van der Waals surface area contributed by atoms with Gasteiger partial charge in [-0.25, -0.2) is 0 Å². The zero-order valence-corrected chi connectivity index (χ0v) is 25.8. The van der Waals surface area contributed by atoms with Crippen molar-refractivity contribution in [2.45, 2.75) is 38.5 Å². The Kier molecular flexibility index (Phi) is 26.2. The van der Waals surface area contributed by atoms with Crippen LogP contribution in [0.15, 0.2) is 0 Å². The van der Waals surface area contributed by atoms with Gasteiger partial charge in [0.2, 0.25) is 0 Å². The van der Waals surface area contributed by atoms with Gasteiger partial charge in [-0.1, -0.05) is 0 Å². The molecule has 0 aromatic carbocycles. The van der Waals surface area contributed by atoms with E-state index in [9.17, 15) is 104 Å². The molecule has 0 N–H and O–H groups in total. The normalized spacial score (nSPS) is 18.7. The van der Waals surface area contributed by atoms with Crippen molar-refractivity contribution in [3.8, 4) is 0 Å². The fourth-order valence-electron chi connectivity index (χ4n) is 3.60. The Morgan fingerprint density at radius 3 is 0.447 bits per heavy atom. The van der Waals surface area contributed by atoms with E-state index in [1.165, 1.54) is 77.8 Å². The van der Waals surface area contributed by atoms with Gasteiger partial charge in [0, 0.05) is 0 Å². The van der Waals surface area contributed by atoms with Crippen molar-refractivity contribution in [2.75, 3.05) is 39.3 Å². The van der Waals surface area contributed by atoms with Crippen LogP contribution in [0.25, 0.3) is 0 Å².